The molecule has 0 radical (unpaired) electrons. The molecule has 4 rings (SSSR count). The molecule has 6 heteroatoms. The first-order valence-electron chi connectivity index (χ1n) is 12.7. The van der Waals surface area contributed by atoms with Crippen LogP contribution in [0.4, 0.5) is 4.79 Å². The number of methoxy groups -OCH3 is 1. The Hall–Kier alpha value is -4.58. The molecule has 0 fully saturated rings. The van der Waals surface area contributed by atoms with Crippen LogP contribution in [-0.2, 0) is 11.2 Å². The van der Waals surface area contributed by atoms with E-state index in [0.29, 0.717) is 23.7 Å². The number of rotatable bonds is 7. The molecule has 0 aliphatic rings. The number of benzene rings is 4. The van der Waals surface area contributed by atoms with E-state index in [0.717, 1.165) is 50.3 Å². The summed E-state index contributed by atoms with van der Waals surface area (Å²) in [6.45, 7) is 9.07. The fourth-order valence-corrected chi connectivity index (χ4v) is 4.46. The van der Waals surface area contributed by atoms with E-state index in [2.05, 4.69) is 6.07 Å². The third kappa shape index (κ3) is 6.85. The first kappa shape index (κ1) is 27.5. The maximum atomic E-state index is 12.6. The number of hydrogen-bond donors (Lipinski definition) is 0. The molecule has 0 bridgehead atoms. The van der Waals surface area contributed by atoms with Crippen LogP contribution in [0.3, 0.4) is 0 Å². The van der Waals surface area contributed by atoms with E-state index < -0.39 is 6.16 Å². The summed E-state index contributed by atoms with van der Waals surface area (Å²) in [4.78, 5) is 23.8. The Bertz CT molecular complexity index is 1540. The Morgan fingerprint density at radius 1 is 0.564 bits per heavy atom. The third-order valence-electron chi connectivity index (χ3n) is 6.43. The van der Waals surface area contributed by atoms with Gasteiger partial charge in [-0.25, -0.2) is 4.79 Å². The normalized spacial score (nSPS) is 10.6. The van der Waals surface area contributed by atoms with E-state index in [-0.39, 0.29) is 5.97 Å². The number of carbonyl (C=O) groups is 2. The molecule has 0 saturated heterocycles. The highest BCUT2D eigenvalue weighted by Crippen LogP contribution is 2.30. The minimum atomic E-state index is -0.793. The monoisotopic (exact) mass is 524 g/mol. The van der Waals surface area contributed by atoms with Crippen LogP contribution in [0.1, 0.15) is 40.3 Å². The summed E-state index contributed by atoms with van der Waals surface area (Å²) >= 11 is 0. The van der Waals surface area contributed by atoms with Crippen LogP contribution in [0.2, 0.25) is 0 Å². The molecule has 0 saturated carbocycles. The number of ether oxygens (including phenoxy) is 4. The highest BCUT2D eigenvalue weighted by molar-refractivity contribution is 5.71. The lowest BCUT2D eigenvalue weighted by atomic mass is 10.0. The molecule has 4 aromatic carbocycles. The SMILES string of the molecule is COc1ccc(-c2ccc(OC(=O)Oc3ccc(Cc4ccc(OC(C)=O)c(C)c4)cc3C)c(C)c2)cc1C. The van der Waals surface area contributed by atoms with Gasteiger partial charge in [0.25, 0.3) is 0 Å². The minimum Gasteiger partial charge on any atom is -0.496 e. The van der Waals surface area contributed by atoms with Gasteiger partial charge >= 0.3 is 12.1 Å². The van der Waals surface area contributed by atoms with Gasteiger partial charge in [0.1, 0.15) is 23.0 Å². The van der Waals surface area contributed by atoms with E-state index in [4.69, 9.17) is 18.9 Å². The summed E-state index contributed by atoms with van der Waals surface area (Å²) in [6.07, 6.45) is -0.106. The summed E-state index contributed by atoms with van der Waals surface area (Å²) in [5, 5.41) is 0. The van der Waals surface area contributed by atoms with Crippen LogP contribution >= 0.6 is 0 Å². The lowest BCUT2D eigenvalue weighted by Crippen LogP contribution is -2.15. The predicted molar refractivity (Wildman–Crippen MR) is 151 cm³/mol. The van der Waals surface area contributed by atoms with Crippen molar-refractivity contribution in [2.75, 3.05) is 7.11 Å². The van der Waals surface area contributed by atoms with Gasteiger partial charge in [-0.05, 0) is 115 Å². The fraction of sp³-hybridized carbons (Fsp3) is 0.212. The molecular weight excluding hydrogens is 492 g/mol. The zero-order valence-electron chi connectivity index (χ0n) is 23.1. The Kier molecular flexibility index (Phi) is 8.35. The maximum Gasteiger partial charge on any atom is 0.519 e. The Balaban J connectivity index is 1.40. The Labute approximate surface area is 229 Å². The molecule has 0 unspecified atom stereocenters. The van der Waals surface area contributed by atoms with Crippen LogP contribution in [-0.4, -0.2) is 19.2 Å². The molecule has 0 aliphatic carbocycles. The highest BCUT2D eigenvalue weighted by atomic mass is 16.7. The van der Waals surface area contributed by atoms with E-state index in [1.807, 2.05) is 76.2 Å². The van der Waals surface area contributed by atoms with Gasteiger partial charge in [-0.2, -0.15) is 0 Å². The molecule has 0 aliphatic heterocycles. The van der Waals surface area contributed by atoms with Gasteiger partial charge in [-0.15, -0.1) is 0 Å². The Morgan fingerprint density at radius 2 is 0.974 bits per heavy atom. The fourth-order valence-electron chi connectivity index (χ4n) is 4.46. The van der Waals surface area contributed by atoms with Crippen LogP contribution < -0.4 is 18.9 Å². The summed E-state index contributed by atoms with van der Waals surface area (Å²) in [5.41, 5.74) is 7.79. The first-order chi connectivity index (χ1) is 18.6. The van der Waals surface area contributed by atoms with E-state index in [9.17, 15) is 9.59 Å². The Morgan fingerprint density at radius 3 is 1.38 bits per heavy atom. The molecule has 0 heterocycles. The average molecular weight is 525 g/mol. The van der Waals surface area contributed by atoms with Gasteiger partial charge in [0, 0.05) is 6.92 Å². The van der Waals surface area contributed by atoms with E-state index >= 15 is 0 Å². The van der Waals surface area contributed by atoms with Crippen molar-refractivity contribution < 1.29 is 28.5 Å². The molecule has 0 aromatic heterocycles. The van der Waals surface area contributed by atoms with E-state index in [1.165, 1.54) is 6.92 Å². The van der Waals surface area contributed by atoms with E-state index in [1.54, 1.807) is 25.3 Å². The topological polar surface area (TPSA) is 71.1 Å². The zero-order chi connectivity index (χ0) is 28.1. The molecule has 0 atom stereocenters. The van der Waals surface area contributed by atoms with Crippen molar-refractivity contribution >= 4 is 12.1 Å². The lowest BCUT2D eigenvalue weighted by molar-refractivity contribution is -0.131. The van der Waals surface area contributed by atoms with Crippen molar-refractivity contribution in [3.63, 3.8) is 0 Å². The van der Waals surface area contributed by atoms with Crippen LogP contribution in [0.25, 0.3) is 11.1 Å². The second kappa shape index (κ2) is 11.9. The van der Waals surface area contributed by atoms with Gasteiger partial charge < -0.3 is 18.9 Å². The van der Waals surface area contributed by atoms with Gasteiger partial charge in [0.05, 0.1) is 7.11 Å². The first-order valence-corrected chi connectivity index (χ1v) is 12.7. The molecule has 0 spiro atoms. The molecule has 0 amide bonds. The number of carbonyl (C=O) groups excluding carboxylic acids is 2. The standard InChI is InChI=1S/C33H32O6/c1-20-15-25(7-11-30(20)37-24(5)34)19-26-8-12-31(21(2)16-26)38-33(35)39-32-14-10-28(18-23(32)4)27-9-13-29(36-6)22(3)17-27/h7-18H,19H2,1-6H3. The maximum absolute atomic E-state index is 12.6. The van der Waals surface area contributed by atoms with Crippen molar-refractivity contribution in [2.24, 2.45) is 0 Å². The number of esters is 1. The predicted octanol–water partition coefficient (Wildman–Crippen LogP) is 7.69. The van der Waals surface area contributed by atoms with Crippen LogP contribution in [0.15, 0.2) is 72.8 Å². The molecular formula is C33H32O6. The molecule has 200 valence electrons. The van der Waals surface area contributed by atoms with Gasteiger partial charge in [0.15, 0.2) is 0 Å². The third-order valence-corrected chi connectivity index (χ3v) is 6.43. The van der Waals surface area contributed by atoms with Crippen molar-refractivity contribution in [3.05, 3.63) is 106 Å². The second-order valence-electron chi connectivity index (χ2n) is 9.59. The molecule has 0 N–H and O–H groups in total. The largest absolute Gasteiger partial charge is 0.519 e. The van der Waals surface area contributed by atoms with Crippen molar-refractivity contribution in [1.82, 2.24) is 0 Å². The summed E-state index contributed by atoms with van der Waals surface area (Å²) in [7, 11) is 1.66. The van der Waals surface area contributed by atoms with Crippen LogP contribution in [0, 0.1) is 27.7 Å². The molecule has 39 heavy (non-hydrogen) atoms. The number of hydrogen-bond acceptors (Lipinski definition) is 6. The quantitative estimate of drug-likeness (QED) is 0.140. The minimum absolute atomic E-state index is 0.341. The van der Waals surface area contributed by atoms with Crippen LogP contribution in [0.5, 0.6) is 23.0 Å². The molecule has 6 nitrogen and oxygen atoms in total. The smallest absolute Gasteiger partial charge is 0.496 e. The van der Waals surface area contributed by atoms with Crippen molar-refractivity contribution in [3.8, 4) is 34.1 Å². The number of aryl methyl sites for hydroxylation is 4. The average Bonchev–Trinajstić information content (AvgIpc) is 2.88. The van der Waals surface area contributed by atoms with Gasteiger partial charge in [0.2, 0.25) is 0 Å². The van der Waals surface area contributed by atoms with Crippen molar-refractivity contribution in [2.45, 2.75) is 41.0 Å². The summed E-state index contributed by atoms with van der Waals surface area (Å²) in [5.74, 6) is 1.94. The second-order valence-corrected chi connectivity index (χ2v) is 9.59. The van der Waals surface area contributed by atoms with Gasteiger partial charge in [-0.3, -0.25) is 4.79 Å². The van der Waals surface area contributed by atoms with Gasteiger partial charge in [-0.1, -0.05) is 36.4 Å². The zero-order valence-corrected chi connectivity index (χ0v) is 23.1. The highest BCUT2D eigenvalue weighted by Gasteiger charge is 2.14. The molecule has 4 aromatic rings. The lowest BCUT2D eigenvalue weighted by Gasteiger charge is -2.13. The van der Waals surface area contributed by atoms with Crippen molar-refractivity contribution in [1.29, 1.82) is 0 Å². The summed E-state index contributed by atoms with van der Waals surface area (Å²) < 4.78 is 21.6. The summed E-state index contributed by atoms with van der Waals surface area (Å²) in [6, 6.07) is 23.1.